The van der Waals surface area contributed by atoms with E-state index in [0.717, 1.165) is 18.2 Å². The largest absolute Gasteiger partial charge is 0.478 e. The molecule has 116 valence electrons. The lowest BCUT2D eigenvalue weighted by Gasteiger charge is -2.43. The summed E-state index contributed by atoms with van der Waals surface area (Å²) in [7, 11) is 0. The van der Waals surface area contributed by atoms with Gasteiger partial charge in [-0.3, -0.25) is 0 Å². The Hall–Kier alpha value is -1.32. The van der Waals surface area contributed by atoms with E-state index in [1.807, 2.05) is 6.07 Å². The first-order chi connectivity index (χ1) is 9.95. The zero-order chi connectivity index (χ0) is 15.1. The highest BCUT2D eigenvalue weighted by Gasteiger charge is 2.59. The zero-order valence-corrected chi connectivity index (χ0v) is 13.6. The molecule has 2 fully saturated rings. The monoisotopic (exact) mass is 289 g/mol. The first-order valence-electron chi connectivity index (χ1n) is 8.17. The third kappa shape index (κ3) is 2.49. The fourth-order valence-corrected chi connectivity index (χ4v) is 4.51. The van der Waals surface area contributed by atoms with Crippen LogP contribution in [0.15, 0.2) is 12.4 Å². The Labute approximate surface area is 127 Å². The number of hydrogen-bond donors (Lipinski definition) is 1. The van der Waals surface area contributed by atoms with Crippen LogP contribution < -0.4 is 10.1 Å². The van der Waals surface area contributed by atoms with E-state index < -0.39 is 0 Å². The molecular formula is C17H27N3O. The zero-order valence-electron chi connectivity index (χ0n) is 13.6. The van der Waals surface area contributed by atoms with E-state index in [2.05, 4.69) is 43.0 Å². The first kappa shape index (κ1) is 14.6. The molecule has 0 aromatic carbocycles. The van der Waals surface area contributed by atoms with Crippen LogP contribution in [0.2, 0.25) is 0 Å². The fourth-order valence-electron chi connectivity index (χ4n) is 4.51. The van der Waals surface area contributed by atoms with Crippen LogP contribution in [0.1, 0.15) is 53.4 Å². The van der Waals surface area contributed by atoms with Gasteiger partial charge < -0.3 is 10.1 Å². The smallest absolute Gasteiger partial charge is 0.218 e. The maximum atomic E-state index is 5.61. The average Bonchev–Trinajstić information content (AvgIpc) is 2.93. The number of fused-ring (bicyclic) bond motifs is 2. The lowest BCUT2D eigenvalue weighted by atomic mass is 9.68. The van der Waals surface area contributed by atoms with Crippen LogP contribution in [-0.4, -0.2) is 22.6 Å². The molecule has 1 aromatic rings. The van der Waals surface area contributed by atoms with Gasteiger partial charge in [0, 0.05) is 12.1 Å². The van der Waals surface area contributed by atoms with Crippen molar-refractivity contribution < 1.29 is 4.74 Å². The van der Waals surface area contributed by atoms with Gasteiger partial charge in [-0.25, -0.2) is 9.97 Å². The molecule has 0 amide bonds. The summed E-state index contributed by atoms with van der Waals surface area (Å²) < 4.78 is 5.61. The highest BCUT2D eigenvalue weighted by Crippen LogP contribution is 2.63. The number of hydrogen-bond acceptors (Lipinski definition) is 4. The number of ether oxygens (including phenoxy) is 1. The second-order valence-electron chi connectivity index (χ2n) is 7.58. The van der Waals surface area contributed by atoms with Gasteiger partial charge in [-0.1, -0.05) is 27.7 Å². The molecule has 1 heterocycles. The van der Waals surface area contributed by atoms with Crippen LogP contribution in [0.4, 0.5) is 5.82 Å². The van der Waals surface area contributed by atoms with E-state index in [1.54, 1.807) is 6.33 Å². The van der Waals surface area contributed by atoms with Crippen LogP contribution in [0.25, 0.3) is 0 Å². The molecule has 2 aliphatic rings. The minimum Gasteiger partial charge on any atom is -0.478 e. The molecule has 2 bridgehead atoms. The van der Waals surface area contributed by atoms with Crippen molar-refractivity contribution in [3.8, 4) is 5.88 Å². The second kappa shape index (κ2) is 5.15. The molecule has 1 aromatic heterocycles. The van der Waals surface area contributed by atoms with Gasteiger partial charge in [0.25, 0.3) is 0 Å². The molecule has 2 aliphatic carbocycles. The third-order valence-electron chi connectivity index (χ3n) is 5.66. The van der Waals surface area contributed by atoms with Gasteiger partial charge in [0.05, 0.1) is 6.61 Å². The molecule has 4 heteroatoms. The molecule has 1 N–H and O–H groups in total. The molecule has 4 nitrogen and oxygen atoms in total. The van der Waals surface area contributed by atoms with Crippen molar-refractivity contribution >= 4 is 5.82 Å². The third-order valence-corrected chi connectivity index (χ3v) is 5.66. The maximum Gasteiger partial charge on any atom is 0.218 e. The summed E-state index contributed by atoms with van der Waals surface area (Å²) in [5.74, 6) is 2.39. The molecule has 3 unspecified atom stereocenters. The summed E-state index contributed by atoms with van der Waals surface area (Å²) in [5, 5.41) is 3.69. The van der Waals surface area contributed by atoms with Crippen LogP contribution >= 0.6 is 0 Å². The SMILES string of the molecule is CCCOc1cc(NC2C3(C)CCC(C3)C2(C)C)ncn1. The Balaban J connectivity index is 1.77. The highest BCUT2D eigenvalue weighted by atomic mass is 16.5. The molecule has 3 rings (SSSR count). The van der Waals surface area contributed by atoms with E-state index in [0.29, 0.717) is 29.4 Å². The van der Waals surface area contributed by atoms with Crippen LogP contribution in [0, 0.1) is 16.7 Å². The van der Waals surface area contributed by atoms with Crippen molar-refractivity contribution in [2.45, 2.75) is 59.4 Å². The van der Waals surface area contributed by atoms with Crippen LogP contribution in [0.3, 0.4) is 0 Å². The molecule has 0 radical (unpaired) electrons. The Morgan fingerprint density at radius 1 is 1.33 bits per heavy atom. The summed E-state index contributed by atoms with van der Waals surface area (Å²) in [4.78, 5) is 8.57. The Bertz CT molecular complexity index is 512. The van der Waals surface area contributed by atoms with Gasteiger partial charge in [0.1, 0.15) is 12.1 Å². The van der Waals surface area contributed by atoms with Crippen molar-refractivity contribution in [2.24, 2.45) is 16.7 Å². The molecule has 2 saturated carbocycles. The highest BCUT2D eigenvalue weighted by molar-refractivity contribution is 5.40. The molecule has 0 spiro atoms. The van der Waals surface area contributed by atoms with Crippen molar-refractivity contribution in [1.82, 2.24) is 9.97 Å². The minimum atomic E-state index is 0.322. The van der Waals surface area contributed by atoms with E-state index in [9.17, 15) is 0 Å². The lowest BCUT2D eigenvalue weighted by molar-refractivity contribution is 0.155. The summed E-state index contributed by atoms with van der Waals surface area (Å²) >= 11 is 0. The van der Waals surface area contributed by atoms with Gasteiger partial charge in [0.2, 0.25) is 5.88 Å². The molecule has 21 heavy (non-hydrogen) atoms. The van der Waals surface area contributed by atoms with E-state index in [4.69, 9.17) is 4.74 Å². The fraction of sp³-hybridized carbons (Fsp3) is 0.765. The van der Waals surface area contributed by atoms with Crippen molar-refractivity contribution in [2.75, 3.05) is 11.9 Å². The summed E-state index contributed by atoms with van der Waals surface area (Å²) in [6.45, 7) is 10.0. The molecule has 0 aliphatic heterocycles. The van der Waals surface area contributed by atoms with Gasteiger partial charge in [-0.05, 0) is 42.4 Å². The van der Waals surface area contributed by atoms with E-state index >= 15 is 0 Å². The second-order valence-corrected chi connectivity index (χ2v) is 7.58. The van der Waals surface area contributed by atoms with Gasteiger partial charge in [-0.15, -0.1) is 0 Å². The summed E-state index contributed by atoms with van der Waals surface area (Å²) in [5.41, 5.74) is 0.714. The summed E-state index contributed by atoms with van der Waals surface area (Å²) in [6.07, 6.45) is 6.61. The van der Waals surface area contributed by atoms with Gasteiger partial charge in [-0.2, -0.15) is 0 Å². The van der Waals surface area contributed by atoms with Gasteiger partial charge in [0.15, 0.2) is 0 Å². The van der Waals surface area contributed by atoms with Crippen molar-refractivity contribution in [3.63, 3.8) is 0 Å². The van der Waals surface area contributed by atoms with E-state index in [1.165, 1.54) is 19.3 Å². The number of anilines is 1. The maximum absolute atomic E-state index is 5.61. The Morgan fingerprint density at radius 2 is 2.14 bits per heavy atom. The molecule has 3 atom stereocenters. The molecule has 0 saturated heterocycles. The van der Waals surface area contributed by atoms with Crippen LogP contribution in [0.5, 0.6) is 5.88 Å². The average molecular weight is 289 g/mol. The van der Waals surface area contributed by atoms with Crippen molar-refractivity contribution in [1.29, 1.82) is 0 Å². The first-order valence-corrected chi connectivity index (χ1v) is 8.17. The van der Waals surface area contributed by atoms with Crippen LogP contribution in [-0.2, 0) is 0 Å². The van der Waals surface area contributed by atoms with E-state index in [-0.39, 0.29) is 0 Å². The molecular weight excluding hydrogens is 262 g/mol. The van der Waals surface area contributed by atoms with Crippen molar-refractivity contribution in [3.05, 3.63) is 12.4 Å². The number of rotatable bonds is 5. The predicted octanol–water partition coefficient (Wildman–Crippen LogP) is 3.89. The summed E-state index contributed by atoms with van der Waals surface area (Å²) in [6, 6.07) is 2.40. The standard InChI is InChI=1S/C17H27N3O/c1-5-8-21-14-9-13(18-11-19-14)20-15-16(2,3)12-6-7-17(15,4)10-12/h9,11-12,15H,5-8,10H2,1-4H3,(H,18,19,20). The number of aromatic nitrogens is 2. The number of nitrogens with one attached hydrogen (secondary N) is 1. The lowest BCUT2D eigenvalue weighted by Crippen LogP contribution is -2.45. The normalized spacial score (nSPS) is 33.1. The quantitative estimate of drug-likeness (QED) is 0.893. The Kier molecular flexibility index (Phi) is 3.58. The number of nitrogens with zero attached hydrogens (tertiary/aromatic N) is 2. The minimum absolute atomic E-state index is 0.322. The predicted molar refractivity (Wildman–Crippen MR) is 84.5 cm³/mol. The topological polar surface area (TPSA) is 47.0 Å². The Morgan fingerprint density at radius 3 is 2.81 bits per heavy atom. The van der Waals surface area contributed by atoms with Gasteiger partial charge >= 0.3 is 0 Å².